The van der Waals surface area contributed by atoms with Gasteiger partial charge in [0.1, 0.15) is 13.1 Å². The van der Waals surface area contributed by atoms with Gasteiger partial charge in [0.25, 0.3) is 5.09 Å². The van der Waals surface area contributed by atoms with Gasteiger partial charge in [-0.3, -0.25) is 0 Å². The highest BCUT2D eigenvalue weighted by molar-refractivity contribution is 4.57. The van der Waals surface area contributed by atoms with Crippen molar-refractivity contribution in [3.8, 4) is 0 Å². The minimum absolute atomic E-state index is 0.533. The van der Waals surface area contributed by atoms with Crippen LogP contribution in [0.3, 0.4) is 0 Å². The second-order valence-electron chi connectivity index (χ2n) is 2.19. The van der Waals surface area contributed by atoms with Crippen molar-refractivity contribution in [3.05, 3.63) is 30.3 Å². The summed E-state index contributed by atoms with van der Waals surface area (Å²) in [6, 6.07) is 0. The largest absolute Gasteiger partial charge is 0.306 e. The first kappa shape index (κ1) is 12.6. The maximum atomic E-state index is 9.89. The average Bonchev–Trinajstić information content (AvgIpc) is 2.08. The number of rotatable bonds is 8. The predicted molar refractivity (Wildman–Crippen MR) is 41.9 cm³/mol. The molecule has 0 fully saturated rings. The van der Waals surface area contributed by atoms with Crippen LogP contribution in [0.25, 0.3) is 0 Å². The Hall–Kier alpha value is -2.40. The SMILES string of the molecule is O=[N+]([O-])NCC(CN[N+](=O)[O-])O[N+](=O)[O-]. The van der Waals surface area contributed by atoms with Gasteiger partial charge >= 0.3 is 0 Å². The summed E-state index contributed by atoms with van der Waals surface area (Å²) in [7, 11) is 0. The van der Waals surface area contributed by atoms with Gasteiger partial charge in [-0.1, -0.05) is 0 Å². The lowest BCUT2D eigenvalue weighted by molar-refractivity contribution is -0.769. The van der Waals surface area contributed by atoms with E-state index in [2.05, 4.69) is 4.84 Å². The van der Waals surface area contributed by atoms with Crippen molar-refractivity contribution in [2.75, 3.05) is 13.1 Å². The number of nitro groups is 2. The molecular weight excluding hydrogens is 218 g/mol. The molecule has 0 aromatic rings. The Kier molecular flexibility index (Phi) is 5.14. The molecule has 0 aliphatic carbocycles. The summed E-state index contributed by atoms with van der Waals surface area (Å²) in [6.07, 6.45) is -1.32. The van der Waals surface area contributed by atoms with Gasteiger partial charge in [-0.2, -0.15) is 0 Å². The molecule has 0 spiro atoms. The minimum atomic E-state index is -1.32. The van der Waals surface area contributed by atoms with Crippen molar-refractivity contribution in [2.45, 2.75) is 6.10 Å². The van der Waals surface area contributed by atoms with Crippen molar-refractivity contribution in [1.82, 2.24) is 10.9 Å². The van der Waals surface area contributed by atoms with Crippen LogP contribution in [0.2, 0.25) is 0 Å². The molecule has 0 saturated carbocycles. The Morgan fingerprint density at radius 3 is 1.67 bits per heavy atom. The Bertz CT molecular complexity index is 237. The molecule has 0 unspecified atom stereocenters. The van der Waals surface area contributed by atoms with Gasteiger partial charge in [-0.15, -0.1) is 21.0 Å². The zero-order valence-corrected chi connectivity index (χ0v) is 7.19. The normalized spacial score (nSPS) is 9.40. The Labute approximate surface area is 81.5 Å². The van der Waals surface area contributed by atoms with E-state index in [0.717, 1.165) is 0 Å². The topological polar surface area (TPSA) is 163 Å². The summed E-state index contributed by atoms with van der Waals surface area (Å²) in [6.45, 7) is -1.07. The molecule has 86 valence electrons. The monoisotopic (exact) mass is 225 g/mol. The fourth-order valence-electron chi connectivity index (χ4n) is 0.621. The maximum Gasteiger partial charge on any atom is 0.294 e. The smallest absolute Gasteiger partial charge is 0.294 e. The number of hydrogen-bond acceptors (Lipinski definition) is 7. The average molecular weight is 225 g/mol. The van der Waals surface area contributed by atoms with Gasteiger partial charge in [-0.25, -0.2) is 20.2 Å². The molecule has 0 aromatic heterocycles. The van der Waals surface area contributed by atoms with Crippen molar-refractivity contribution < 1.29 is 20.0 Å². The molecule has 0 aliphatic rings. The van der Waals surface area contributed by atoms with Crippen molar-refractivity contribution >= 4 is 0 Å². The van der Waals surface area contributed by atoms with E-state index in [1.807, 2.05) is 0 Å². The summed E-state index contributed by atoms with van der Waals surface area (Å²) < 4.78 is 0. The maximum absolute atomic E-state index is 9.89. The lowest BCUT2D eigenvalue weighted by Gasteiger charge is -2.10. The fraction of sp³-hybridized carbons (Fsp3) is 1.00. The molecular formula is C3H7N5O7. The van der Waals surface area contributed by atoms with E-state index in [4.69, 9.17) is 0 Å². The molecule has 0 saturated heterocycles. The first-order valence-corrected chi connectivity index (χ1v) is 3.48. The molecule has 12 heteroatoms. The highest BCUT2D eigenvalue weighted by atomic mass is 17.0. The third-order valence-corrected chi connectivity index (χ3v) is 1.13. The zero-order valence-electron chi connectivity index (χ0n) is 7.19. The molecule has 12 nitrogen and oxygen atoms in total. The molecule has 0 amide bonds. The number of nitrogens with zero attached hydrogens (tertiary/aromatic N) is 3. The van der Waals surface area contributed by atoms with E-state index in [9.17, 15) is 30.3 Å². The highest BCUT2D eigenvalue weighted by Gasteiger charge is 2.17. The Morgan fingerprint density at radius 2 is 1.40 bits per heavy atom. The number of hydrogen-bond donors (Lipinski definition) is 2. The van der Waals surface area contributed by atoms with Crippen LogP contribution < -0.4 is 10.9 Å². The van der Waals surface area contributed by atoms with E-state index in [-0.39, 0.29) is 0 Å². The Balaban J connectivity index is 3.99. The first-order chi connectivity index (χ1) is 6.91. The number of nitrogens with one attached hydrogen (secondary N) is 2. The van der Waals surface area contributed by atoms with E-state index in [0.29, 0.717) is 0 Å². The molecule has 0 rings (SSSR count). The molecule has 2 N–H and O–H groups in total. The van der Waals surface area contributed by atoms with Crippen LogP contribution in [0.5, 0.6) is 0 Å². The van der Waals surface area contributed by atoms with Crippen molar-refractivity contribution in [3.63, 3.8) is 0 Å². The van der Waals surface area contributed by atoms with Gasteiger partial charge in [0.2, 0.25) is 0 Å². The van der Waals surface area contributed by atoms with Crippen LogP contribution >= 0.6 is 0 Å². The van der Waals surface area contributed by atoms with Gasteiger partial charge < -0.3 is 4.84 Å². The molecule has 0 heterocycles. The second-order valence-corrected chi connectivity index (χ2v) is 2.19. The predicted octanol–water partition coefficient (Wildman–Crippen LogP) is -1.87. The summed E-state index contributed by atoms with van der Waals surface area (Å²) >= 11 is 0. The third kappa shape index (κ3) is 7.94. The molecule has 0 aliphatic heterocycles. The molecule has 0 atom stereocenters. The van der Waals surface area contributed by atoms with Crippen LogP contribution in [0.1, 0.15) is 0 Å². The molecule has 0 bridgehead atoms. The lowest BCUT2D eigenvalue weighted by atomic mass is 10.4. The zero-order chi connectivity index (χ0) is 11.8. The van der Waals surface area contributed by atoms with Gasteiger partial charge in [0, 0.05) is 0 Å². The standard InChI is InChI=1S/C3H7N5O7/c9-6(10)4-1-3(15-8(13)14)2-5-7(11)12/h3-5H,1-2H2. The first-order valence-electron chi connectivity index (χ1n) is 3.48. The van der Waals surface area contributed by atoms with E-state index < -0.39 is 34.3 Å². The van der Waals surface area contributed by atoms with E-state index in [1.165, 1.54) is 0 Å². The quantitative estimate of drug-likeness (QED) is 0.355. The minimum Gasteiger partial charge on any atom is -0.306 e. The van der Waals surface area contributed by atoms with Crippen LogP contribution in [0.4, 0.5) is 0 Å². The van der Waals surface area contributed by atoms with Gasteiger partial charge in [0.15, 0.2) is 16.2 Å². The highest BCUT2D eigenvalue weighted by Crippen LogP contribution is 1.89. The fourth-order valence-corrected chi connectivity index (χ4v) is 0.621. The summed E-state index contributed by atoms with van der Waals surface area (Å²) in [5.74, 6) is 0. The second kappa shape index (κ2) is 6.11. The van der Waals surface area contributed by atoms with Gasteiger partial charge in [-0.05, 0) is 0 Å². The summed E-state index contributed by atoms with van der Waals surface area (Å²) in [5.41, 5.74) is 3.21. The van der Waals surface area contributed by atoms with Crippen LogP contribution in [0.15, 0.2) is 0 Å². The lowest BCUT2D eigenvalue weighted by Crippen LogP contribution is -2.42. The van der Waals surface area contributed by atoms with Crippen LogP contribution in [-0.2, 0) is 4.84 Å². The van der Waals surface area contributed by atoms with Gasteiger partial charge in [0.05, 0.1) is 0 Å². The molecule has 0 aromatic carbocycles. The Morgan fingerprint density at radius 1 is 1.00 bits per heavy atom. The van der Waals surface area contributed by atoms with Crippen LogP contribution in [-0.4, -0.2) is 34.3 Å². The van der Waals surface area contributed by atoms with Crippen LogP contribution in [0, 0.1) is 30.3 Å². The van der Waals surface area contributed by atoms with Crippen molar-refractivity contribution in [1.29, 1.82) is 0 Å². The van der Waals surface area contributed by atoms with E-state index >= 15 is 0 Å². The molecule has 15 heavy (non-hydrogen) atoms. The van der Waals surface area contributed by atoms with Crippen molar-refractivity contribution in [2.24, 2.45) is 0 Å². The summed E-state index contributed by atoms with van der Waals surface area (Å²) in [5, 5.41) is 26.5. The van der Waals surface area contributed by atoms with E-state index in [1.54, 1.807) is 10.9 Å². The third-order valence-electron chi connectivity index (χ3n) is 1.13. The molecule has 0 radical (unpaired) electrons. The summed E-state index contributed by atoms with van der Waals surface area (Å²) in [4.78, 5) is 33.5. The number of hydrazine groups is 2.